The number of ether oxygens (including phenoxy) is 1. The van der Waals surface area contributed by atoms with Gasteiger partial charge in [0.25, 0.3) is 0 Å². The first-order valence-corrected chi connectivity index (χ1v) is 11.6. The lowest BCUT2D eigenvalue weighted by Gasteiger charge is -2.12. The second-order valence-electron chi connectivity index (χ2n) is 6.11. The Morgan fingerprint density at radius 3 is 2.39 bits per heavy atom. The summed E-state index contributed by atoms with van der Waals surface area (Å²) in [7, 11) is -6.08. The van der Waals surface area contributed by atoms with Crippen LogP contribution in [0.15, 0.2) is 41.3 Å². The van der Waals surface area contributed by atoms with Crippen molar-refractivity contribution >= 4 is 25.7 Å². The van der Waals surface area contributed by atoms with E-state index in [1.807, 2.05) is 25.1 Å². The Kier molecular flexibility index (Phi) is 7.02. The van der Waals surface area contributed by atoms with Crippen LogP contribution >= 0.6 is 0 Å². The molecular weight excluding hydrogens is 407 g/mol. The first-order chi connectivity index (χ1) is 13.1. The molecule has 0 amide bonds. The average molecular weight is 431 g/mol. The number of anilines is 1. The number of hydrogen-bond donors (Lipinski definition) is 2. The summed E-state index contributed by atoms with van der Waals surface area (Å²) in [5.74, 6) is -0.542. The van der Waals surface area contributed by atoms with Crippen molar-refractivity contribution in [2.75, 3.05) is 24.1 Å². The number of aryl methyl sites for hydroxylation is 1. The molecule has 0 aliphatic rings. The number of benzene rings is 2. The molecule has 0 atom stereocenters. The van der Waals surface area contributed by atoms with Gasteiger partial charge in [0.15, 0.2) is 0 Å². The van der Waals surface area contributed by atoms with Crippen molar-refractivity contribution in [1.82, 2.24) is 4.72 Å². The molecule has 2 aromatic carbocycles. The molecule has 0 aliphatic carbocycles. The van der Waals surface area contributed by atoms with Gasteiger partial charge in [-0.1, -0.05) is 17.7 Å². The standard InChI is InChI=1S/C18H23FN2O5S2/c1-4-27(22,23)21-17-7-6-15(12-16(17)19)28(24,25)20-10-9-14-11-13(2)5-8-18(14)26-3/h5-8,11-12,20-21H,4,9-10H2,1-3H3. The van der Waals surface area contributed by atoms with Crippen molar-refractivity contribution < 1.29 is 26.0 Å². The molecule has 0 aliphatic heterocycles. The van der Waals surface area contributed by atoms with Gasteiger partial charge in [0.2, 0.25) is 20.0 Å². The van der Waals surface area contributed by atoms with Crippen LogP contribution in [0.5, 0.6) is 5.75 Å². The molecule has 2 aromatic rings. The van der Waals surface area contributed by atoms with Crippen LogP contribution in [0.25, 0.3) is 0 Å². The van der Waals surface area contributed by atoms with Crippen LogP contribution in [0.4, 0.5) is 10.1 Å². The first kappa shape index (κ1) is 22.1. The third kappa shape index (κ3) is 5.66. The van der Waals surface area contributed by atoms with Crippen LogP contribution in [-0.2, 0) is 26.5 Å². The SMILES string of the molecule is CCS(=O)(=O)Nc1ccc(S(=O)(=O)NCCc2cc(C)ccc2OC)cc1F. The molecule has 10 heteroatoms. The van der Waals surface area contributed by atoms with E-state index in [0.717, 1.165) is 29.3 Å². The maximum atomic E-state index is 14.1. The van der Waals surface area contributed by atoms with E-state index in [0.29, 0.717) is 12.2 Å². The summed E-state index contributed by atoms with van der Waals surface area (Å²) in [6, 6.07) is 8.62. The number of rotatable bonds is 9. The van der Waals surface area contributed by atoms with Crippen LogP contribution in [0.3, 0.4) is 0 Å². The van der Waals surface area contributed by atoms with E-state index < -0.39 is 25.9 Å². The molecule has 154 valence electrons. The molecule has 0 heterocycles. The Bertz CT molecular complexity index is 1050. The van der Waals surface area contributed by atoms with Crippen LogP contribution in [0.2, 0.25) is 0 Å². The smallest absolute Gasteiger partial charge is 0.240 e. The van der Waals surface area contributed by atoms with Crippen molar-refractivity contribution in [2.24, 2.45) is 0 Å². The fraction of sp³-hybridized carbons (Fsp3) is 0.333. The fourth-order valence-electron chi connectivity index (χ4n) is 2.49. The Balaban J connectivity index is 2.11. The van der Waals surface area contributed by atoms with Gasteiger partial charge in [-0.2, -0.15) is 0 Å². The van der Waals surface area contributed by atoms with Crippen molar-refractivity contribution in [3.05, 3.63) is 53.3 Å². The summed E-state index contributed by atoms with van der Waals surface area (Å²) in [4.78, 5) is -0.291. The maximum Gasteiger partial charge on any atom is 0.240 e. The largest absolute Gasteiger partial charge is 0.496 e. The Hall–Kier alpha value is -2.17. The predicted octanol–water partition coefficient (Wildman–Crippen LogP) is 2.43. The molecule has 2 N–H and O–H groups in total. The highest BCUT2D eigenvalue weighted by Crippen LogP contribution is 2.22. The van der Waals surface area contributed by atoms with Gasteiger partial charge in [0.05, 0.1) is 23.4 Å². The van der Waals surface area contributed by atoms with Gasteiger partial charge in [-0.3, -0.25) is 4.72 Å². The monoisotopic (exact) mass is 430 g/mol. The third-order valence-corrected chi connectivity index (χ3v) is 6.77. The lowest BCUT2D eigenvalue weighted by Crippen LogP contribution is -2.26. The summed E-state index contributed by atoms with van der Waals surface area (Å²) < 4.78 is 71.8. The number of sulfonamides is 2. The molecule has 0 bridgehead atoms. The second kappa shape index (κ2) is 8.89. The quantitative estimate of drug-likeness (QED) is 0.636. The maximum absolute atomic E-state index is 14.1. The van der Waals surface area contributed by atoms with E-state index in [4.69, 9.17) is 4.74 Å². The minimum Gasteiger partial charge on any atom is -0.496 e. The normalized spacial score (nSPS) is 12.0. The Morgan fingerprint density at radius 1 is 1.07 bits per heavy atom. The number of halogens is 1. The zero-order chi connectivity index (χ0) is 20.9. The second-order valence-corrected chi connectivity index (χ2v) is 9.89. The molecule has 0 fully saturated rings. The molecule has 0 radical (unpaired) electrons. The van der Waals surface area contributed by atoms with Gasteiger partial charge < -0.3 is 4.74 Å². The number of nitrogens with one attached hydrogen (secondary N) is 2. The molecule has 0 saturated carbocycles. The highest BCUT2D eigenvalue weighted by Gasteiger charge is 2.18. The molecule has 7 nitrogen and oxygen atoms in total. The molecule has 28 heavy (non-hydrogen) atoms. The van der Waals surface area contributed by atoms with Crippen LogP contribution < -0.4 is 14.2 Å². The van der Waals surface area contributed by atoms with Gasteiger partial charge in [0.1, 0.15) is 11.6 Å². The van der Waals surface area contributed by atoms with Crippen molar-refractivity contribution in [3.8, 4) is 5.75 Å². The van der Waals surface area contributed by atoms with Gasteiger partial charge in [-0.25, -0.2) is 25.9 Å². The van der Waals surface area contributed by atoms with Crippen LogP contribution in [-0.4, -0.2) is 36.2 Å². The van der Waals surface area contributed by atoms with Gasteiger partial charge in [-0.15, -0.1) is 0 Å². The lowest BCUT2D eigenvalue weighted by molar-refractivity contribution is 0.409. The van der Waals surface area contributed by atoms with Crippen molar-refractivity contribution in [1.29, 1.82) is 0 Å². The molecule has 0 aromatic heterocycles. The third-order valence-electron chi connectivity index (χ3n) is 4.02. The molecular formula is C18H23FN2O5S2. The van der Waals surface area contributed by atoms with E-state index in [1.165, 1.54) is 14.0 Å². The van der Waals surface area contributed by atoms with Crippen LogP contribution in [0.1, 0.15) is 18.1 Å². The highest BCUT2D eigenvalue weighted by atomic mass is 32.2. The summed E-state index contributed by atoms with van der Waals surface area (Å²) in [6.45, 7) is 3.42. The Labute approximate surface area is 165 Å². The van der Waals surface area contributed by atoms with Crippen molar-refractivity contribution in [2.45, 2.75) is 25.2 Å². The minimum atomic E-state index is -3.96. The van der Waals surface area contributed by atoms with E-state index in [2.05, 4.69) is 9.44 Å². The van der Waals surface area contributed by atoms with Gasteiger partial charge in [0, 0.05) is 6.54 Å². The van der Waals surface area contributed by atoms with Gasteiger partial charge in [-0.05, 0) is 50.1 Å². The molecule has 0 saturated heterocycles. The number of hydrogen-bond acceptors (Lipinski definition) is 5. The Morgan fingerprint density at radius 2 is 1.79 bits per heavy atom. The lowest BCUT2D eigenvalue weighted by atomic mass is 10.1. The van der Waals surface area contributed by atoms with E-state index in [-0.39, 0.29) is 22.9 Å². The molecule has 0 unspecified atom stereocenters. The van der Waals surface area contributed by atoms with Crippen molar-refractivity contribution in [3.63, 3.8) is 0 Å². The zero-order valence-corrected chi connectivity index (χ0v) is 17.5. The first-order valence-electron chi connectivity index (χ1n) is 8.51. The van der Waals surface area contributed by atoms with Gasteiger partial charge >= 0.3 is 0 Å². The number of methoxy groups -OCH3 is 1. The van der Waals surface area contributed by atoms with E-state index >= 15 is 0 Å². The minimum absolute atomic E-state index is 0.0913. The molecule has 0 spiro atoms. The highest BCUT2D eigenvalue weighted by molar-refractivity contribution is 7.92. The predicted molar refractivity (Wildman–Crippen MR) is 106 cm³/mol. The van der Waals surface area contributed by atoms with E-state index in [9.17, 15) is 21.2 Å². The summed E-state index contributed by atoms with van der Waals surface area (Å²) in [6.07, 6.45) is 0.390. The summed E-state index contributed by atoms with van der Waals surface area (Å²) in [5, 5.41) is 0. The molecule has 2 rings (SSSR count). The average Bonchev–Trinajstić information content (AvgIpc) is 2.63. The fourth-order valence-corrected chi connectivity index (χ4v) is 4.18. The van der Waals surface area contributed by atoms with Crippen LogP contribution in [0, 0.1) is 12.7 Å². The van der Waals surface area contributed by atoms with E-state index in [1.54, 1.807) is 0 Å². The summed E-state index contributed by atoms with van der Waals surface area (Å²) in [5.41, 5.74) is 1.57. The topological polar surface area (TPSA) is 102 Å². The summed E-state index contributed by atoms with van der Waals surface area (Å²) >= 11 is 0. The zero-order valence-electron chi connectivity index (χ0n) is 15.8.